The first-order valence-electron chi connectivity index (χ1n) is 15.9. The molecule has 258 valence electrons. The van der Waals surface area contributed by atoms with Crippen LogP contribution in [-0.2, 0) is 34.2 Å². The highest BCUT2D eigenvalue weighted by Crippen LogP contribution is 2.45. The highest BCUT2D eigenvalue weighted by atomic mass is 32.2. The van der Waals surface area contributed by atoms with Crippen LogP contribution in [0.3, 0.4) is 0 Å². The fourth-order valence-electron chi connectivity index (χ4n) is 8.06. The van der Waals surface area contributed by atoms with E-state index in [1.165, 1.54) is 6.92 Å². The van der Waals surface area contributed by atoms with Gasteiger partial charge in [0.15, 0.2) is 5.82 Å². The zero-order valence-corrected chi connectivity index (χ0v) is 27.3. The second-order valence-electron chi connectivity index (χ2n) is 13.4. The molecule has 0 saturated carbocycles. The third-order valence-corrected chi connectivity index (χ3v) is 11.3. The molecule has 16 heteroatoms. The Morgan fingerprint density at radius 2 is 2.04 bits per heavy atom. The zero-order valence-electron chi connectivity index (χ0n) is 26.5. The van der Waals surface area contributed by atoms with E-state index in [4.69, 9.17) is 20.2 Å². The van der Waals surface area contributed by atoms with Crippen molar-refractivity contribution in [1.29, 1.82) is 0 Å². The Balaban J connectivity index is 1.28. The molecule has 1 unspecified atom stereocenters. The van der Waals surface area contributed by atoms with Gasteiger partial charge in [-0.25, -0.2) is 9.11 Å². The van der Waals surface area contributed by atoms with Gasteiger partial charge in [-0.15, -0.1) is 5.92 Å². The number of anilines is 2. The number of nitrogens with one attached hydrogen (secondary N) is 2. The van der Waals surface area contributed by atoms with Gasteiger partial charge in [-0.05, 0) is 51.6 Å². The first-order valence-corrected chi connectivity index (χ1v) is 17.4. The van der Waals surface area contributed by atoms with Crippen LogP contribution in [0.15, 0.2) is 18.2 Å². The molecular formula is C32H37F4N7O4S. The first-order chi connectivity index (χ1) is 22.7. The highest BCUT2D eigenvalue weighted by Gasteiger charge is 2.48. The maximum atomic E-state index is 15.6. The number of hydrogen-bond acceptors (Lipinski definition) is 9. The van der Waals surface area contributed by atoms with Crippen LogP contribution < -0.4 is 24.8 Å². The Morgan fingerprint density at radius 1 is 1.25 bits per heavy atom. The number of rotatable bonds is 5. The molecule has 6 heterocycles. The second-order valence-corrected chi connectivity index (χ2v) is 14.9. The Hall–Kier alpha value is -3.49. The Bertz CT molecular complexity index is 1850. The molecule has 0 bridgehead atoms. The van der Waals surface area contributed by atoms with Gasteiger partial charge in [0.05, 0.1) is 40.7 Å². The predicted octanol–water partition coefficient (Wildman–Crippen LogP) is 3.35. The topological polar surface area (TPSA) is 135 Å². The van der Waals surface area contributed by atoms with E-state index in [2.05, 4.69) is 37.7 Å². The Labute approximate surface area is 276 Å². The van der Waals surface area contributed by atoms with Crippen LogP contribution in [0, 0.1) is 17.7 Å². The second kappa shape index (κ2) is 11.8. The number of piperidine rings is 1. The summed E-state index contributed by atoms with van der Waals surface area (Å²) in [4.78, 5) is 13.8. The first kappa shape index (κ1) is 33.0. The normalized spacial score (nSPS) is 28.3. The van der Waals surface area contributed by atoms with E-state index in [1.54, 1.807) is 0 Å². The maximum Gasteiger partial charge on any atom is 0.418 e. The van der Waals surface area contributed by atoms with Crippen LogP contribution >= 0.6 is 0 Å². The molecule has 0 aliphatic carbocycles. The van der Waals surface area contributed by atoms with E-state index >= 15 is 4.39 Å². The minimum atomic E-state index is -4.94. The molecular weight excluding hydrogens is 654 g/mol. The van der Waals surface area contributed by atoms with Crippen LogP contribution in [0.2, 0.25) is 0 Å². The van der Waals surface area contributed by atoms with Crippen molar-refractivity contribution in [3.63, 3.8) is 0 Å². The van der Waals surface area contributed by atoms with Crippen molar-refractivity contribution in [1.82, 2.24) is 24.3 Å². The van der Waals surface area contributed by atoms with Crippen molar-refractivity contribution < 1.29 is 35.5 Å². The summed E-state index contributed by atoms with van der Waals surface area (Å²) in [5.41, 5.74) is 3.97. The van der Waals surface area contributed by atoms with Crippen LogP contribution in [-0.4, -0.2) is 73.7 Å². The summed E-state index contributed by atoms with van der Waals surface area (Å²) >= 11 is 0. The van der Waals surface area contributed by atoms with Gasteiger partial charge in [0.25, 0.3) is 10.2 Å². The third kappa shape index (κ3) is 5.89. The lowest BCUT2D eigenvalue weighted by molar-refractivity contribution is -0.140. The molecule has 5 aliphatic heterocycles. The number of nitrogens with zero attached hydrogens (tertiary/aromatic N) is 4. The average molecular weight is 692 g/mol. The summed E-state index contributed by atoms with van der Waals surface area (Å²) in [6, 6.07) is 0.928. The number of halogens is 4. The SMILES string of the molecule is C=C1CN2CCC[C@@]2(COc2nc3c(c(N4CCCC5(CNS(=O)(=O)N5)C4)n2)CO[C@H](c2c(F)c(N)cc(C#CC)c2C(F)(F)F)C3)C1. The van der Waals surface area contributed by atoms with Gasteiger partial charge in [-0.2, -0.15) is 36.3 Å². The number of hydrogen-bond donors (Lipinski definition) is 3. The molecule has 7 rings (SSSR count). The van der Waals surface area contributed by atoms with E-state index in [-0.39, 0.29) is 37.7 Å². The lowest BCUT2D eigenvalue weighted by atomic mass is 9.89. The largest absolute Gasteiger partial charge is 0.461 e. The number of alkyl halides is 3. The lowest BCUT2D eigenvalue weighted by Crippen LogP contribution is -2.56. The van der Waals surface area contributed by atoms with E-state index in [1.807, 2.05) is 4.90 Å². The Kier molecular flexibility index (Phi) is 8.14. The maximum absolute atomic E-state index is 15.6. The zero-order chi connectivity index (χ0) is 34.1. The third-order valence-electron chi connectivity index (χ3n) is 10.1. The summed E-state index contributed by atoms with van der Waals surface area (Å²) in [7, 11) is -3.65. The van der Waals surface area contributed by atoms with E-state index in [0.29, 0.717) is 43.1 Å². The Morgan fingerprint density at radius 3 is 2.77 bits per heavy atom. The smallest absolute Gasteiger partial charge is 0.418 e. The predicted molar refractivity (Wildman–Crippen MR) is 169 cm³/mol. The molecule has 4 fully saturated rings. The molecule has 1 spiro atoms. The summed E-state index contributed by atoms with van der Waals surface area (Å²) in [6.07, 6.45) is -2.58. The quantitative estimate of drug-likeness (QED) is 0.187. The van der Waals surface area contributed by atoms with Crippen molar-refractivity contribution in [3.8, 4) is 17.9 Å². The van der Waals surface area contributed by atoms with Gasteiger partial charge in [0.1, 0.15) is 12.4 Å². The van der Waals surface area contributed by atoms with Crippen LogP contribution in [0.25, 0.3) is 0 Å². The molecule has 3 atom stereocenters. The van der Waals surface area contributed by atoms with Gasteiger partial charge < -0.3 is 20.1 Å². The van der Waals surface area contributed by atoms with Crippen LogP contribution in [0.4, 0.5) is 29.1 Å². The molecule has 4 saturated heterocycles. The van der Waals surface area contributed by atoms with Gasteiger partial charge in [-0.1, -0.05) is 18.1 Å². The standard InChI is InChI=1S/C32H37F4N7O4S/c1-3-6-20-11-22(37)27(33)25(26(20)32(34,35)36)24-12-23-21(15-46-24)28(42-9-4-7-30(17-42)16-38-48(44,45)41-30)40-29(39-23)47-18-31-8-5-10-43(31)14-19(2)13-31/h11,24,38,41H,2,4-5,7-10,12-18,37H2,1H3/t24-,30?,31-/m0/s1. The molecule has 11 nitrogen and oxygen atoms in total. The van der Waals surface area contributed by atoms with Gasteiger partial charge >= 0.3 is 12.2 Å². The molecule has 2 aromatic rings. The number of benzene rings is 1. The number of nitrogen functional groups attached to an aromatic ring is 1. The van der Waals surface area contributed by atoms with Crippen LogP contribution in [0.5, 0.6) is 6.01 Å². The molecule has 4 N–H and O–H groups in total. The summed E-state index contributed by atoms with van der Waals surface area (Å²) in [5.74, 6) is 4.09. The molecule has 48 heavy (non-hydrogen) atoms. The average Bonchev–Trinajstić information content (AvgIpc) is 3.65. The van der Waals surface area contributed by atoms with Crippen molar-refractivity contribution in [2.75, 3.05) is 50.0 Å². The van der Waals surface area contributed by atoms with Crippen molar-refractivity contribution >= 4 is 21.7 Å². The lowest BCUT2D eigenvalue weighted by Gasteiger charge is -2.41. The minimum absolute atomic E-state index is 0.0366. The summed E-state index contributed by atoms with van der Waals surface area (Å²) < 4.78 is 101. The van der Waals surface area contributed by atoms with E-state index in [0.717, 1.165) is 44.0 Å². The fourth-order valence-corrected chi connectivity index (χ4v) is 9.41. The van der Waals surface area contributed by atoms with Crippen molar-refractivity contribution in [3.05, 3.63) is 52.0 Å². The molecule has 0 amide bonds. The van der Waals surface area contributed by atoms with Gasteiger partial charge in [0, 0.05) is 49.3 Å². The van der Waals surface area contributed by atoms with Gasteiger partial charge in [0.2, 0.25) is 0 Å². The van der Waals surface area contributed by atoms with E-state index in [9.17, 15) is 21.6 Å². The number of nitrogens with two attached hydrogens (primary N) is 1. The molecule has 5 aliphatic rings. The van der Waals surface area contributed by atoms with Gasteiger partial charge in [-0.3, -0.25) is 4.90 Å². The summed E-state index contributed by atoms with van der Waals surface area (Å²) in [6.45, 7) is 8.36. The van der Waals surface area contributed by atoms with Crippen molar-refractivity contribution in [2.45, 2.75) is 75.4 Å². The van der Waals surface area contributed by atoms with Crippen LogP contribution in [0.1, 0.15) is 73.1 Å². The molecule has 1 aromatic carbocycles. The monoisotopic (exact) mass is 691 g/mol. The fraction of sp³-hybridized carbons (Fsp3) is 0.562. The number of aromatic nitrogens is 2. The van der Waals surface area contributed by atoms with E-state index < -0.39 is 56.2 Å². The minimum Gasteiger partial charge on any atom is -0.461 e. The van der Waals surface area contributed by atoms with Crippen molar-refractivity contribution in [2.24, 2.45) is 0 Å². The number of ether oxygens (including phenoxy) is 2. The number of fused-ring (bicyclic) bond motifs is 2. The highest BCUT2D eigenvalue weighted by molar-refractivity contribution is 7.87. The summed E-state index contributed by atoms with van der Waals surface area (Å²) in [5, 5.41) is 0. The molecule has 1 aromatic heterocycles. The molecule has 0 radical (unpaired) electrons.